The number of thiocarbonyl (C=S) groups is 1. The van der Waals surface area contributed by atoms with Crippen LogP contribution < -0.4 is 15.5 Å². The quantitative estimate of drug-likeness (QED) is 0.371. The molecule has 1 amide bonds. The van der Waals surface area contributed by atoms with Crippen molar-refractivity contribution in [2.24, 2.45) is 5.92 Å². The summed E-state index contributed by atoms with van der Waals surface area (Å²) in [6.07, 6.45) is 1.81. The summed E-state index contributed by atoms with van der Waals surface area (Å²) in [6, 6.07) is 13.9. The van der Waals surface area contributed by atoms with Gasteiger partial charge >= 0.3 is 0 Å². The number of carbonyl (C=O) groups is 1. The Morgan fingerprint density at radius 2 is 1.89 bits per heavy atom. The fraction of sp³-hybridized carbons (Fsp3) is 0.370. The number of nitrogens with zero attached hydrogens (tertiary/aromatic N) is 3. The summed E-state index contributed by atoms with van der Waals surface area (Å²) in [4.78, 5) is 19.0. The molecule has 2 N–H and O–H groups in total. The second-order valence-electron chi connectivity index (χ2n) is 9.59. The molecule has 4 rings (SSSR count). The average molecular weight is 510 g/mol. The summed E-state index contributed by atoms with van der Waals surface area (Å²) in [5, 5.41) is 7.48. The molecule has 8 heteroatoms. The van der Waals surface area contributed by atoms with Crippen LogP contribution in [0.5, 0.6) is 0 Å². The van der Waals surface area contributed by atoms with Gasteiger partial charge in [-0.05, 0) is 81.9 Å². The number of nitrogens with one attached hydrogen (secondary N) is 2. The van der Waals surface area contributed by atoms with Crippen LogP contribution in [-0.4, -0.2) is 20.6 Å². The fourth-order valence-electron chi connectivity index (χ4n) is 4.88. The number of pyridine rings is 1. The summed E-state index contributed by atoms with van der Waals surface area (Å²) in [6.45, 7) is 12.4. The van der Waals surface area contributed by atoms with E-state index in [4.69, 9.17) is 23.8 Å². The molecule has 0 unspecified atom stereocenters. The van der Waals surface area contributed by atoms with Crippen molar-refractivity contribution in [2.75, 3.05) is 10.2 Å². The largest absolute Gasteiger partial charge is 0.351 e. The fourth-order valence-corrected chi connectivity index (χ4v) is 5.45. The van der Waals surface area contributed by atoms with Crippen LogP contribution in [0.4, 0.5) is 11.4 Å². The van der Waals surface area contributed by atoms with E-state index < -0.39 is 0 Å². The molecule has 2 atom stereocenters. The van der Waals surface area contributed by atoms with Gasteiger partial charge in [-0.25, -0.2) is 0 Å². The van der Waals surface area contributed by atoms with Crippen molar-refractivity contribution >= 4 is 46.2 Å². The van der Waals surface area contributed by atoms with E-state index in [-0.39, 0.29) is 23.9 Å². The van der Waals surface area contributed by atoms with E-state index >= 15 is 0 Å². The van der Waals surface area contributed by atoms with Gasteiger partial charge in [0.2, 0.25) is 5.91 Å². The first-order valence-electron chi connectivity index (χ1n) is 11.9. The molecule has 0 aliphatic carbocycles. The molecule has 0 saturated carbocycles. The van der Waals surface area contributed by atoms with E-state index in [1.54, 1.807) is 6.20 Å². The van der Waals surface area contributed by atoms with Gasteiger partial charge in [0, 0.05) is 35.2 Å². The molecule has 35 heavy (non-hydrogen) atoms. The lowest BCUT2D eigenvalue weighted by atomic mass is 9.96. The number of anilines is 2. The molecule has 3 heterocycles. The standard InChI is InChI=1S/C27H32ClN5OS/c1-15(2)26(34)30-22-11-10-19(14-21(22)28)33-25(20-13-17(5)32(16(3)4)18(20)6)24(31-27(33)35)23-9-7-8-12-29-23/h7-16,24-25H,1-6H3,(H,30,34)(H,31,35)/t24-,25+/m0/s1. The van der Waals surface area contributed by atoms with Crippen LogP contribution in [0, 0.1) is 19.8 Å². The number of hydrogen-bond donors (Lipinski definition) is 2. The third-order valence-electron chi connectivity index (χ3n) is 6.47. The third-order valence-corrected chi connectivity index (χ3v) is 7.10. The van der Waals surface area contributed by atoms with Crippen LogP contribution >= 0.6 is 23.8 Å². The van der Waals surface area contributed by atoms with Crippen molar-refractivity contribution in [3.05, 3.63) is 76.3 Å². The lowest BCUT2D eigenvalue weighted by Gasteiger charge is -2.29. The van der Waals surface area contributed by atoms with Gasteiger partial charge < -0.3 is 20.1 Å². The van der Waals surface area contributed by atoms with E-state index in [0.29, 0.717) is 21.9 Å². The van der Waals surface area contributed by atoms with Crippen molar-refractivity contribution in [3.8, 4) is 0 Å². The van der Waals surface area contributed by atoms with Gasteiger partial charge in [-0.2, -0.15) is 0 Å². The Labute approximate surface area is 217 Å². The summed E-state index contributed by atoms with van der Waals surface area (Å²) in [5.41, 5.74) is 5.95. The Morgan fingerprint density at radius 3 is 2.46 bits per heavy atom. The van der Waals surface area contributed by atoms with Crippen molar-refractivity contribution < 1.29 is 4.79 Å². The van der Waals surface area contributed by atoms with E-state index in [2.05, 4.69) is 58.8 Å². The first kappa shape index (κ1) is 25.2. The van der Waals surface area contributed by atoms with Crippen LogP contribution in [0.25, 0.3) is 0 Å². The zero-order valence-electron chi connectivity index (χ0n) is 21.0. The lowest BCUT2D eigenvalue weighted by molar-refractivity contribution is -0.118. The number of benzene rings is 1. The second-order valence-corrected chi connectivity index (χ2v) is 10.4. The zero-order chi connectivity index (χ0) is 25.4. The van der Waals surface area contributed by atoms with Gasteiger partial charge in [-0.3, -0.25) is 9.78 Å². The van der Waals surface area contributed by atoms with Gasteiger partial charge in [0.25, 0.3) is 0 Å². The molecule has 1 aromatic carbocycles. The number of carbonyl (C=O) groups excluding carboxylic acids is 1. The minimum Gasteiger partial charge on any atom is -0.351 e. The van der Waals surface area contributed by atoms with Crippen LogP contribution in [0.2, 0.25) is 5.02 Å². The highest BCUT2D eigenvalue weighted by Crippen LogP contribution is 2.44. The molecular formula is C27H32ClN5OS. The first-order chi connectivity index (χ1) is 16.6. The first-order valence-corrected chi connectivity index (χ1v) is 12.7. The molecule has 0 radical (unpaired) electrons. The molecular weight excluding hydrogens is 478 g/mol. The minimum absolute atomic E-state index is 0.0766. The zero-order valence-corrected chi connectivity index (χ0v) is 22.5. The number of amides is 1. The summed E-state index contributed by atoms with van der Waals surface area (Å²) in [5.74, 6) is -0.215. The van der Waals surface area contributed by atoms with Gasteiger partial charge in [-0.15, -0.1) is 0 Å². The average Bonchev–Trinajstić information content (AvgIpc) is 3.30. The second kappa shape index (κ2) is 9.99. The monoisotopic (exact) mass is 509 g/mol. The molecule has 1 aliphatic heterocycles. The Hall–Kier alpha value is -2.90. The molecule has 0 bridgehead atoms. The minimum atomic E-state index is -0.138. The number of aryl methyl sites for hydroxylation is 1. The lowest BCUT2D eigenvalue weighted by Crippen LogP contribution is -2.29. The topological polar surface area (TPSA) is 62.2 Å². The predicted octanol–water partition coefficient (Wildman–Crippen LogP) is 6.51. The third kappa shape index (κ3) is 4.80. The molecule has 184 valence electrons. The highest BCUT2D eigenvalue weighted by molar-refractivity contribution is 7.80. The molecule has 1 fully saturated rings. The molecule has 1 saturated heterocycles. The van der Waals surface area contributed by atoms with Crippen molar-refractivity contribution in [1.29, 1.82) is 0 Å². The molecule has 3 aromatic rings. The van der Waals surface area contributed by atoms with Crippen molar-refractivity contribution in [3.63, 3.8) is 0 Å². The molecule has 2 aromatic heterocycles. The molecule has 1 aliphatic rings. The highest BCUT2D eigenvalue weighted by Gasteiger charge is 2.42. The number of rotatable bonds is 6. The van der Waals surface area contributed by atoms with Gasteiger partial charge in [0.15, 0.2) is 5.11 Å². The van der Waals surface area contributed by atoms with Crippen LogP contribution in [-0.2, 0) is 4.79 Å². The normalized spacial score (nSPS) is 17.9. The van der Waals surface area contributed by atoms with Crippen LogP contribution in [0.3, 0.4) is 0 Å². The molecule has 0 spiro atoms. The predicted molar refractivity (Wildman–Crippen MR) is 147 cm³/mol. The van der Waals surface area contributed by atoms with Crippen molar-refractivity contribution in [2.45, 2.75) is 59.7 Å². The highest BCUT2D eigenvalue weighted by atomic mass is 35.5. The van der Waals surface area contributed by atoms with Crippen LogP contribution in [0.15, 0.2) is 48.7 Å². The smallest absolute Gasteiger partial charge is 0.226 e. The summed E-state index contributed by atoms with van der Waals surface area (Å²) >= 11 is 12.5. The maximum atomic E-state index is 12.2. The summed E-state index contributed by atoms with van der Waals surface area (Å²) in [7, 11) is 0. The van der Waals surface area contributed by atoms with E-state index in [9.17, 15) is 4.79 Å². The maximum Gasteiger partial charge on any atom is 0.226 e. The SMILES string of the molecule is Cc1cc([C@@H]2[C@H](c3ccccn3)NC(=S)N2c2ccc(NC(=O)C(C)C)c(Cl)c2)c(C)n1C(C)C. The van der Waals surface area contributed by atoms with Gasteiger partial charge in [0.05, 0.1) is 28.5 Å². The van der Waals surface area contributed by atoms with E-state index in [0.717, 1.165) is 11.4 Å². The Kier molecular flexibility index (Phi) is 7.20. The van der Waals surface area contributed by atoms with Crippen molar-refractivity contribution in [1.82, 2.24) is 14.9 Å². The Balaban J connectivity index is 1.81. The molecule has 6 nitrogen and oxygen atoms in total. The van der Waals surface area contributed by atoms with Gasteiger partial charge in [-0.1, -0.05) is 31.5 Å². The maximum absolute atomic E-state index is 12.2. The summed E-state index contributed by atoms with van der Waals surface area (Å²) < 4.78 is 2.35. The number of halogens is 1. The number of aromatic nitrogens is 2. The van der Waals surface area contributed by atoms with E-state index in [1.165, 1.54) is 17.0 Å². The Morgan fingerprint density at radius 1 is 1.14 bits per heavy atom. The number of hydrogen-bond acceptors (Lipinski definition) is 3. The van der Waals surface area contributed by atoms with E-state index in [1.807, 2.05) is 50.2 Å². The van der Waals surface area contributed by atoms with Crippen LogP contribution in [0.1, 0.15) is 68.5 Å². The Bertz CT molecular complexity index is 1250. The van der Waals surface area contributed by atoms with Gasteiger partial charge in [0.1, 0.15) is 0 Å².